The molecule has 0 aliphatic rings. The smallest absolute Gasteiger partial charge is 0.271 e. The second-order valence-corrected chi connectivity index (χ2v) is 11.1. The fourth-order valence-corrected chi connectivity index (χ4v) is 5.00. The molecule has 11 heteroatoms. The number of ether oxygens (including phenoxy) is 1. The zero-order chi connectivity index (χ0) is 30.2. The molecule has 0 aliphatic carbocycles. The van der Waals surface area contributed by atoms with Gasteiger partial charge in [0.2, 0.25) is 0 Å². The van der Waals surface area contributed by atoms with E-state index >= 15 is 0 Å². The molecule has 0 saturated carbocycles. The van der Waals surface area contributed by atoms with Gasteiger partial charge in [0.25, 0.3) is 11.8 Å². The van der Waals surface area contributed by atoms with Gasteiger partial charge in [-0.05, 0) is 79.2 Å². The van der Waals surface area contributed by atoms with E-state index in [9.17, 15) is 9.59 Å². The van der Waals surface area contributed by atoms with Crippen molar-refractivity contribution >= 4 is 69.1 Å². The van der Waals surface area contributed by atoms with Crippen LogP contribution < -0.4 is 20.8 Å². The van der Waals surface area contributed by atoms with Gasteiger partial charge in [0, 0.05) is 43.5 Å². The first-order valence-corrected chi connectivity index (χ1v) is 14.7. The van der Waals surface area contributed by atoms with Crippen LogP contribution in [0.15, 0.2) is 101 Å². The molecule has 5 rings (SSSR count). The number of hydrogen-bond acceptors (Lipinski definition) is 7. The van der Waals surface area contributed by atoms with Crippen LogP contribution in [0.4, 0.5) is 16.5 Å². The molecule has 0 radical (unpaired) electrons. The number of nitrogens with zero attached hydrogens (tertiary/aromatic N) is 2. The predicted molar refractivity (Wildman–Crippen MR) is 174 cm³/mol. The maximum atomic E-state index is 12.7. The standard InChI is InChI=1S/C32H25Cl2N5O3S/c1-20-3-2-4-27(15-20)36-30(40)18-42-29-14-11-25(34)16-23(29)17-35-39-31(41)22-7-5-21(6-8-22)28-19-43-32(38-28)37-26-12-9-24(33)10-13-26/h2-17,19H,18H2,1H3,(H,36,40)(H,37,38)(H,39,41)/b35-17-. The zero-order valence-corrected chi connectivity index (χ0v) is 25.1. The number of rotatable bonds is 10. The molecule has 8 nitrogen and oxygen atoms in total. The Morgan fingerprint density at radius 3 is 2.47 bits per heavy atom. The van der Waals surface area contributed by atoms with E-state index in [0.717, 1.165) is 27.6 Å². The normalized spacial score (nSPS) is 10.9. The summed E-state index contributed by atoms with van der Waals surface area (Å²) in [4.78, 5) is 29.7. The first kappa shape index (κ1) is 29.8. The van der Waals surface area contributed by atoms with Gasteiger partial charge in [0.15, 0.2) is 11.7 Å². The number of carbonyl (C=O) groups excluding carboxylic acids is 2. The molecule has 5 aromatic rings. The number of amides is 2. The summed E-state index contributed by atoms with van der Waals surface area (Å²) in [7, 11) is 0. The van der Waals surface area contributed by atoms with Crippen molar-refractivity contribution < 1.29 is 14.3 Å². The van der Waals surface area contributed by atoms with Crippen molar-refractivity contribution in [1.29, 1.82) is 0 Å². The van der Waals surface area contributed by atoms with Crippen LogP contribution in [0, 0.1) is 6.92 Å². The summed E-state index contributed by atoms with van der Waals surface area (Å²) in [5, 5.41) is 13.9. The average Bonchev–Trinajstić information content (AvgIpc) is 3.46. The summed E-state index contributed by atoms with van der Waals surface area (Å²) in [6.45, 7) is 1.73. The summed E-state index contributed by atoms with van der Waals surface area (Å²) in [6, 6.07) is 26.8. The van der Waals surface area contributed by atoms with Gasteiger partial charge in [-0.3, -0.25) is 9.59 Å². The van der Waals surface area contributed by atoms with Crippen LogP contribution in [-0.4, -0.2) is 29.6 Å². The van der Waals surface area contributed by atoms with Gasteiger partial charge in [-0.2, -0.15) is 5.10 Å². The number of benzene rings is 4. The third-order valence-corrected chi connectivity index (χ3v) is 7.29. The number of carbonyl (C=O) groups is 2. The van der Waals surface area contributed by atoms with Crippen molar-refractivity contribution in [2.75, 3.05) is 17.2 Å². The highest BCUT2D eigenvalue weighted by Gasteiger charge is 2.10. The lowest BCUT2D eigenvalue weighted by molar-refractivity contribution is -0.118. The van der Waals surface area contributed by atoms with Gasteiger partial charge in [0.05, 0.1) is 11.9 Å². The topological polar surface area (TPSA) is 105 Å². The SMILES string of the molecule is Cc1cccc(NC(=O)COc2ccc(Cl)cc2/C=N\NC(=O)c2ccc(-c3csc(Nc4ccc(Cl)cc4)n3)cc2)c1. The van der Waals surface area contributed by atoms with Crippen LogP contribution in [0.5, 0.6) is 5.75 Å². The third-order valence-electron chi connectivity index (χ3n) is 6.04. The molecule has 0 unspecified atom stereocenters. The van der Waals surface area contributed by atoms with Gasteiger partial charge in [-0.1, -0.05) is 47.5 Å². The molecule has 43 heavy (non-hydrogen) atoms. The number of halogens is 2. The number of thiazole rings is 1. The second kappa shape index (κ2) is 14.0. The van der Waals surface area contributed by atoms with E-state index in [1.165, 1.54) is 17.6 Å². The Bertz CT molecular complexity index is 1770. The van der Waals surface area contributed by atoms with Crippen LogP contribution in [0.1, 0.15) is 21.5 Å². The predicted octanol–water partition coefficient (Wildman–Crippen LogP) is 7.95. The fourth-order valence-electron chi connectivity index (χ4n) is 3.95. The summed E-state index contributed by atoms with van der Waals surface area (Å²) in [6.07, 6.45) is 1.41. The molecule has 1 heterocycles. The van der Waals surface area contributed by atoms with Gasteiger partial charge in [-0.15, -0.1) is 11.3 Å². The minimum absolute atomic E-state index is 0.215. The van der Waals surface area contributed by atoms with E-state index in [2.05, 4.69) is 26.1 Å². The Morgan fingerprint density at radius 2 is 1.70 bits per heavy atom. The van der Waals surface area contributed by atoms with Crippen molar-refractivity contribution in [3.05, 3.63) is 123 Å². The van der Waals surface area contributed by atoms with Crippen molar-refractivity contribution in [1.82, 2.24) is 10.4 Å². The summed E-state index contributed by atoms with van der Waals surface area (Å²) in [5.74, 6) is -0.320. The molecule has 0 spiro atoms. The van der Waals surface area contributed by atoms with E-state index in [4.69, 9.17) is 27.9 Å². The molecule has 216 valence electrons. The summed E-state index contributed by atoms with van der Waals surface area (Å²) in [5.41, 5.74) is 7.69. The largest absolute Gasteiger partial charge is 0.483 e. The van der Waals surface area contributed by atoms with Gasteiger partial charge >= 0.3 is 0 Å². The molecule has 2 amide bonds. The highest BCUT2D eigenvalue weighted by Crippen LogP contribution is 2.28. The number of hydrazone groups is 1. The van der Waals surface area contributed by atoms with Crippen molar-refractivity contribution in [3.8, 4) is 17.0 Å². The number of hydrogen-bond donors (Lipinski definition) is 3. The molecular weight excluding hydrogens is 605 g/mol. The van der Waals surface area contributed by atoms with Gasteiger partial charge in [0.1, 0.15) is 5.75 Å². The van der Waals surface area contributed by atoms with E-state index in [1.54, 1.807) is 36.4 Å². The van der Waals surface area contributed by atoms with Crippen LogP contribution in [0.3, 0.4) is 0 Å². The summed E-state index contributed by atoms with van der Waals surface area (Å²) >= 11 is 13.6. The van der Waals surface area contributed by atoms with Gasteiger partial charge in [-0.25, -0.2) is 10.4 Å². The quantitative estimate of drug-likeness (QED) is 0.107. The number of aromatic nitrogens is 1. The van der Waals surface area contributed by atoms with Crippen molar-refractivity contribution in [2.24, 2.45) is 5.10 Å². The van der Waals surface area contributed by atoms with E-state index in [0.29, 0.717) is 32.6 Å². The maximum absolute atomic E-state index is 12.7. The first-order chi connectivity index (χ1) is 20.8. The Labute approximate surface area is 262 Å². The van der Waals surface area contributed by atoms with E-state index in [1.807, 2.05) is 66.9 Å². The lowest BCUT2D eigenvalue weighted by Crippen LogP contribution is -2.20. The Balaban J connectivity index is 1.16. The fraction of sp³-hybridized carbons (Fsp3) is 0.0625. The van der Waals surface area contributed by atoms with E-state index < -0.39 is 5.91 Å². The molecular formula is C32H25Cl2N5O3S. The molecule has 4 aromatic carbocycles. The maximum Gasteiger partial charge on any atom is 0.271 e. The molecule has 1 aromatic heterocycles. The van der Waals surface area contributed by atoms with Crippen LogP contribution in [0.2, 0.25) is 10.0 Å². The second-order valence-electron chi connectivity index (χ2n) is 9.33. The van der Waals surface area contributed by atoms with Crippen LogP contribution in [-0.2, 0) is 4.79 Å². The van der Waals surface area contributed by atoms with Gasteiger partial charge < -0.3 is 15.4 Å². The molecule has 0 fully saturated rings. The minimum Gasteiger partial charge on any atom is -0.483 e. The third kappa shape index (κ3) is 8.42. The molecule has 3 N–H and O–H groups in total. The van der Waals surface area contributed by atoms with Crippen LogP contribution >= 0.6 is 34.5 Å². The molecule has 0 saturated heterocycles. The number of aryl methyl sites for hydroxylation is 1. The van der Waals surface area contributed by atoms with Crippen molar-refractivity contribution in [3.63, 3.8) is 0 Å². The Hall–Kier alpha value is -4.70. The molecule has 0 atom stereocenters. The van der Waals surface area contributed by atoms with Crippen LogP contribution in [0.25, 0.3) is 11.3 Å². The van der Waals surface area contributed by atoms with Crippen molar-refractivity contribution in [2.45, 2.75) is 6.92 Å². The minimum atomic E-state index is -0.395. The Kier molecular flexibility index (Phi) is 9.68. The highest BCUT2D eigenvalue weighted by molar-refractivity contribution is 7.14. The first-order valence-electron chi connectivity index (χ1n) is 13.0. The molecule has 0 aliphatic heterocycles. The lowest BCUT2D eigenvalue weighted by atomic mass is 10.1. The molecule has 0 bridgehead atoms. The average molecular weight is 631 g/mol. The monoisotopic (exact) mass is 629 g/mol. The lowest BCUT2D eigenvalue weighted by Gasteiger charge is -2.10. The zero-order valence-electron chi connectivity index (χ0n) is 22.8. The number of anilines is 3. The summed E-state index contributed by atoms with van der Waals surface area (Å²) < 4.78 is 5.70. The highest BCUT2D eigenvalue weighted by atomic mass is 35.5. The Morgan fingerprint density at radius 1 is 0.930 bits per heavy atom. The van der Waals surface area contributed by atoms with E-state index in [-0.39, 0.29) is 12.5 Å². The number of nitrogens with one attached hydrogen (secondary N) is 3.